The maximum atomic E-state index is 11.3. The number of hydrogen-bond acceptors (Lipinski definition) is 2. The van der Waals surface area contributed by atoms with E-state index in [1.54, 1.807) is 37.3 Å². The van der Waals surface area contributed by atoms with Gasteiger partial charge in [-0.2, -0.15) is 0 Å². The molecule has 0 saturated carbocycles. The minimum atomic E-state index is -3.28. The van der Waals surface area contributed by atoms with E-state index in [1.807, 2.05) is 0 Å². The average Bonchev–Trinajstić information content (AvgIpc) is 2.18. The molecule has 2 nitrogen and oxygen atoms in total. The monoisotopic (exact) mass is 185 g/mol. The van der Waals surface area contributed by atoms with E-state index >= 15 is 0 Å². The van der Waals surface area contributed by atoms with Crippen molar-refractivity contribution in [2.75, 3.05) is 5.75 Å². The fraction of sp³-hybridized carbons (Fsp3) is 0.333. The van der Waals surface area contributed by atoms with Gasteiger partial charge in [-0.3, -0.25) is 0 Å². The van der Waals surface area contributed by atoms with Gasteiger partial charge >= 0.3 is 0 Å². The van der Waals surface area contributed by atoms with Gasteiger partial charge in [0, 0.05) is 7.12 Å². The molecule has 0 spiro atoms. The SMILES string of the molecule is [2H][C@H](c1ccccc1)S(=O)(=O)CC. The first kappa shape index (κ1) is 7.80. The maximum absolute atomic E-state index is 11.3. The predicted molar refractivity (Wildman–Crippen MR) is 49.6 cm³/mol. The third-order valence-electron chi connectivity index (χ3n) is 1.52. The van der Waals surface area contributed by atoms with Crippen molar-refractivity contribution in [3.8, 4) is 0 Å². The molecule has 0 aliphatic rings. The highest BCUT2D eigenvalue weighted by molar-refractivity contribution is 7.90. The van der Waals surface area contributed by atoms with Crippen LogP contribution in [0.3, 0.4) is 0 Å². The summed E-state index contributed by atoms with van der Waals surface area (Å²) >= 11 is 0. The number of sulfone groups is 1. The standard InChI is InChI=1S/C9H12O2S/c1-2-12(10,11)8-9-6-4-3-5-7-9/h3-7H,2,8H2,1H3/i8D/t8-/m1/s1. The number of hydrogen-bond donors (Lipinski definition) is 0. The second-order valence-corrected chi connectivity index (χ2v) is 4.62. The molecular formula is C9H12O2S. The van der Waals surface area contributed by atoms with E-state index in [-0.39, 0.29) is 5.75 Å². The lowest BCUT2D eigenvalue weighted by atomic mass is 10.2. The summed E-state index contributed by atoms with van der Waals surface area (Å²) in [7, 11) is -3.28. The van der Waals surface area contributed by atoms with Crippen LogP contribution in [0.25, 0.3) is 0 Å². The third-order valence-corrected chi connectivity index (χ3v) is 2.95. The first-order valence-electron chi connectivity index (χ1n) is 4.34. The van der Waals surface area contributed by atoms with Crippen LogP contribution in [-0.4, -0.2) is 14.2 Å². The number of rotatable bonds is 3. The third kappa shape index (κ3) is 2.66. The van der Waals surface area contributed by atoms with Crippen LogP contribution in [-0.2, 0) is 15.6 Å². The Morgan fingerprint density at radius 3 is 2.42 bits per heavy atom. The summed E-state index contributed by atoms with van der Waals surface area (Å²) in [6, 6.07) is 8.59. The van der Waals surface area contributed by atoms with E-state index < -0.39 is 15.6 Å². The van der Waals surface area contributed by atoms with Gasteiger partial charge in [0.1, 0.15) is 0 Å². The van der Waals surface area contributed by atoms with E-state index in [9.17, 15) is 8.42 Å². The first-order chi connectivity index (χ1) is 6.08. The molecule has 66 valence electrons. The lowest BCUT2D eigenvalue weighted by Crippen LogP contribution is -2.06. The average molecular weight is 185 g/mol. The van der Waals surface area contributed by atoms with Gasteiger partial charge in [0.05, 0.1) is 5.73 Å². The Balaban J connectivity index is 2.99. The molecular weight excluding hydrogens is 172 g/mol. The molecule has 0 aromatic heterocycles. The van der Waals surface area contributed by atoms with Gasteiger partial charge in [0.15, 0.2) is 9.84 Å². The summed E-state index contributed by atoms with van der Waals surface area (Å²) in [6.45, 7) is 1.56. The molecule has 0 bridgehead atoms. The summed E-state index contributed by atoms with van der Waals surface area (Å²) in [5.41, 5.74) is -0.608. The van der Waals surface area contributed by atoms with Gasteiger partial charge in [-0.1, -0.05) is 37.3 Å². The van der Waals surface area contributed by atoms with Crippen LogP contribution in [0.4, 0.5) is 0 Å². The Labute approximate surface area is 74.6 Å². The van der Waals surface area contributed by atoms with E-state index in [0.717, 1.165) is 0 Å². The van der Waals surface area contributed by atoms with Crippen molar-refractivity contribution in [2.24, 2.45) is 0 Å². The maximum Gasteiger partial charge on any atom is 0.154 e. The Hall–Kier alpha value is -0.830. The summed E-state index contributed by atoms with van der Waals surface area (Å²) in [5, 5.41) is 0. The molecule has 0 N–H and O–H groups in total. The van der Waals surface area contributed by atoms with Crippen LogP contribution in [0.2, 0.25) is 0 Å². The van der Waals surface area contributed by atoms with Gasteiger partial charge in [0.2, 0.25) is 0 Å². The highest BCUT2D eigenvalue weighted by Crippen LogP contribution is 2.05. The molecule has 1 aromatic rings. The Morgan fingerprint density at radius 1 is 1.33 bits per heavy atom. The minimum Gasteiger partial charge on any atom is -0.229 e. The molecule has 1 rings (SSSR count). The van der Waals surface area contributed by atoms with Crippen molar-refractivity contribution < 1.29 is 9.79 Å². The summed E-state index contributed by atoms with van der Waals surface area (Å²) in [5.74, 6) is 0.00998. The fourth-order valence-corrected chi connectivity index (χ4v) is 1.56. The zero-order chi connectivity index (χ0) is 9.90. The van der Waals surface area contributed by atoms with Gasteiger partial charge in [-0.25, -0.2) is 8.42 Å². The normalized spacial score (nSPS) is 15.2. The molecule has 0 aliphatic heterocycles. The van der Waals surface area contributed by atoms with Crippen molar-refractivity contribution in [3.05, 3.63) is 35.9 Å². The van der Waals surface area contributed by atoms with Crippen LogP contribution in [0.15, 0.2) is 30.3 Å². The molecule has 12 heavy (non-hydrogen) atoms. The Kier molecular flexibility index (Phi) is 2.42. The topological polar surface area (TPSA) is 34.1 Å². The molecule has 0 aliphatic carbocycles. The number of benzene rings is 1. The highest BCUT2D eigenvalue weighted by Gasteiger charge is 2.07. The van der Waals surface area contributed by atoms with Gasteiger partial charge in [-0.05, 0) is 5.56 Å². The highest BCUT2D eigenvalue weighted by atomic mass is 32.2. The van der Waals surface area contributed by atoms with E-state index in [1.165, 1.54) is 0 Å². The van der Waals surface area contributed by atoms with Crippen LogP contribution >= 0.6 is 0 Å². The lowest BCUT2D eigenvalue weighted by molar-refractivity contribution is 0.596. The van der Waals surface area contributed by atoms with Crippen LogP contribution in [0, 0.1) is 0 Å². The second-order valence-electron chi connectivity index (χ2n) is 2.48. The second kappa shape index (κ2) is 3.72. The Bertz CT molecular complexity index is 358. The lowest BCUT2D eigenvalue weighted by Gasteiger charge is -1.99. The van der Waals surface area contributed by atoms with Crippen molar-refractivity contribution in [1.82, 2.24) is 0 Å². The molecule has 0 radical (unpaired) electrons. The molecule has 1 atom stereocenters. The first-order valence-corrected chi connectivity index (χ1v) is 5.48. The van der Waals surface area contributed by atoms with Gasteiger partial charge in [-0.15, -0.1) is 0 Å². The molecule has 0 heterocycles. The summed E-state index contributed by atoms with van der Waals surface area (Å²) in [6.07, 6.45) is 0. The van der Waals surface area contributed by atoms with E-state index in [0.29, 0.717) is 5.56 Å². The quantitative estimate of drug-likeness (QED) is 0.717. The molecule has 0 fully saturated rings. The summed E-state index contributed by atoms with van der Waals surface area (Å²) in [4.78, 5) is 0. The molecule has 0 unspecified atom stereocenters. The zero-order valence-corrected chi connectivity index (χ0v) is 7.71. The smallest absolute Gasteiger partial charge is 0.154 e. The largest absolute Gasteiger partial charge is 0.229 e. The predicted octanol–water partition coefficient (Wildman–Crippen LogP) is 1.62. The van der Waals surface area contributed by atoms with Crippen molar-refractivity contribution >= 4 is 9.84 Å². The van der Waals surface area contributed by atoms with E-state index in [4.69, 9.17) is 1.37 Å². The van der Waals surface area contributed by atoms with Gasteiger partial charge in [0.25, 0.3) is 0 Å². The molecule has 3 heteroatoms. The minimum absolute atomic E-state index is 0.00998. The fourth-order valence-electron chi connectivity index (χ4n) is 0.822. The molecule has 0 saturated heterocycles. The van der Waals surface area contributed by atoms with Crippen LogP contribution in [0.5, 0.6) is 0 Å². The van der Waals surface area contributed by atoms with Crippen molar-refractivity contribution in [2.45, 2.75) is 12.7 Å². The van der Waals surface area contributed by atoms with Crippen LogP contribution < -0.4 is 0 Å². The molecule has 1 aromatic carbocycles. The molecule has 0 amide bonds. The van der Waals surface area contributed by atoms with Gasteiger partial charge < -0.3 is 0 Å². The summed E-state index contributed by atoms with van der Waals surface area (Å²) < 4.78 is 30.2. The van der Waals surface area contributed by atoms with Crippen molar-refractivity contribution in [3.63, 3.8) is 0 Å². The van der Waals surface area contributed by atoms with Crippen LogP contribution in [0.1, 0.15) is 13.9 Å². The zero-order valence-electron chi connectivity index (χ0n) is 7.90. The Morgan fingerprint density at radius 2 is 1.92 bits per heavy atom. The van der Waals surface area contributed by atoms with E-state index in [2.05, 4.69) is 0 Å². The van der Waals surface area contributed by atoms with Crippen molar-refractivity contribution in [1.29, 1.82) is 0 Å².